The van der Waals surface area contributed by atoms with E-state index in [4.69, 9.17) is 5.73 Å². The average Bonchev–Trinajstić information content (AvgIpc) is 2.52. The Kier molecular flexibility index (Phi) is 6.97. The lowest BCUT2D eigenvalue weighted by atomic mass is 10.1. The number of hydrogen-bond donors (Lipinski definition) is 2. The second-order valence-electron chi connectivity index (χ2n) is 6.22. The van der Waals surface area contributed by atoms with Crippen LogP contribution in [-0.2, 0) is 11.2 Å². The number of rotatable bonds is 8. The zero-order valence-electron chi connectivity index (χ0n) is 14.6. The molecule has 4 nitrogen and oxygen atoms in total. The van der Waals surface area contributed by atoms with Gasteiger partial charge in [-0.3, -0.25) is 9.69 Å². The SMILES string of the molecule is Cc1cc(C)cc(NC(=O)CN(CCN)CCc2ccccc2)c1. The van der Waals surface area contributed by atoms with Gasteiger partial charge in [0.2, 0.25) is 5.91 Å². The largest absolute Gasteiger partial charge is 0.329 e. The summed E-state index contributed by atoms with van der Waals surface area (Å²) in [5.74, 6) is 0.00140. The van der Waals surface area contributed by atoms with E-state index in [1.165, 1.54) is 5.56 Å². The molecule has 0 spiro atoms. The van der Waals surface area contributed by atoms with Crippen LogP contribution in [0.2, 0.25) is 0 Å². The number of hydrogen-bond acceptors (Lipinski definition) is 3. The molecule has 0 aromatic heterocycles. The standard InChI is InChI=1S/C20H27N3O/c1-16-12-17(2)14-19(13-16)22-20(24)15-23(11-9-21)10-8-18-6-4-3-5-7-18/h3-7,12-14H,8-11,15,21H2,1-2H3,(H,22,24). The Balaban J connectivity index is 1.90. The fourth-order valence-electron chi connectivity index (χ4n) is 2.83. The van der Waals surface area contributed by atoms with E-state index in [0.717, 1.165) is 29.8 Å². The highest BCUT2D eigenvalue weighted by molar-refractivity contribution is 5.92. The molecule has 3 N–H and O–H groups in total. The fourth-order valence-corrected chi connectivity index (χ4v) is 2.83. The number of anilines is 1. The lowest BCUT2D eigenvalue weighted by Gasteiger charge is -2.21. The van der Waals surface area contributed by atoms with Crippen LogP contribution in [0.15, 0.2) is 48.5 Å². The Bertz CT molecular complexity index is 635. The molecular weight excluding hydrogens is 298 g/mol. The highest BCUT2D eigenvalue weighted by Crippen LogP contribution is 2.13. The summed E-state index contributed by atoms with van der Waals surface area (Å²) < 4.78 is 0. The zero-order valence-corrected chi connectivity index (χ0v) is 14.6. The van der Waals surface area contributed by atoms with Crippen LogP contribution >= 0.6 is 0 Å². The first-order valence-electron chi connectivity index (χ1n) is 8.41. The molecule has 2 rings (SSSR count). The summed E-state index contributed by atoms with van der Waals surface area (Å²) in [5.41, 5.74) is 10.1. The molecule has 2 aromatic rings. The van der Waals surface area contributed by atoms with E-state index >= 15 is 0 Å². The van der Waals surface area contributed by atoms with E-state index in [0.29, 0.717) is 19.6 Å². The second kappa shape index (κ2) is 9.21. The van der Waals surface area contributed by atoms with Crippen LogP contribution in [0.25, 0.3) is 0 Å². The highest BCUT2D eigenvalue weighted by atomic mass is 16.2. The molecule has 0 aliphatic carbocycles. The van der Waals surface area contributed by atoms with Crippen molar-refractivity contribution in [2.45, 2.75) is 20.3 Å². The zero-order chi connectivity index (χ0) is 17.4. The van der Waals surface area contributed by atoms with Crippen LogP contribution in [0, 0.1) is 13.8 Å². The maximum Gasteiger partial charge on any atom is 0.238 e. The molecule has 0 heterocycles. The number of nitrogens with two attached hydrogens (primary N) is 1. The monoisotopic (exact) mass is 325 g/mol. The Labute approximate surface area is 144 Å². The van der Waals surface area contributed by atoms with Crippen molar-refractivity contribution in [3.05, 3.63) is 65.2 Å². The quantitative estimate of drug-likeness (QED) is 0.784. The van der Waals surface area contributed by atoms with Gasteiger partial charge in [0.15, 0.2) is 0 Å². The first-order chi connectivity index (χ1) is 11.6. The summed E-state index contributed by atoms with van der Waals surface area (Å²) in [6.45, 7) is 6.50. The predicted molar refractivity (Wildman–Crippen MR) is 100 cm³/mol. The van der Waals surface area contributed by atoms with Crippen molar-refractivity contribution in [1.29, 1.82) is 0 Å². The average molecular weight is 325 g/mol. The molecule has 0 unspecified atom stereocenters. The summed E-state index contributed by atoms with van der Waals surface area (Å²) in [4.78, 5) is 14.4. The maximum atomic E-state index is 12.3. The molecule has 1 amide bonds. The van der Waals surface area contributed by atoms with Crippen molar-refractivity contribution >= 4 is 11.6 Å². The minimum absolute atomic E-state index is 0.00140. The van der Waals surface area contributed by atoms with Gasteiger partial charge in [-0.25, -0.2) is 0 Å². The predicted octanol–water partition coefficient (Wildman–Crippen LogP) is 2.75. The van der Waals surface area contributed by atoms with Gasteiger partial charge in [0.25, 0.3) is 0 Å². The number of nitrogens with zero attached hydrogens (tertiary/aromatic N) is 1. The van der Waals surface area contributed by atoms with Crippen LogP contribution in [0.3, 0.4) is 0 Å². The van der Waals surface area contributed by atoms with Crippen LogP contribution in [0.1, 0.15) is 16.7 Å². The third-order valence-corrected chi connectivity index (χ3v) is 3.88. The Morgan fingerprint density at radius 1 is 1.04 bits per heavy atom. The summed E-state index contributed by atoms with van der Waals surface area (Å²) in [6, 6.07) is 16.4. The third-order valence-electron chi connectivity index (χ3n) is 3.88. The molecule has 0 bridgehead atoms. The number of benzene rings is 2. The molecule has 0 aliphatic heterocycles. The van der Waals surface area contributed by atoms with Crippen molar-refractivity contribution in [1.82, 2.24) is 4.90 Å². The van der Waals surface area contributed by atoms with Crippen LogP contribution < -0.4 is 11.1 Å². The summed E-state index contributed by atoms with van der Waals surface area (Å²) in [7, 11) is 0. The first kappa shape index (κ1) is 18.2. The fraction of sp³-hybridized carbons (Fsp3) is 0.350. The van der Waals surface area contributed by atoms with E-state index < -0.39 is 0 Å². The van der Waals surface area contributed by atoms with E-state index in [2.05, 4.69) is 28.4 Å². The molecule has 0 radical (unpaired) electrons. The molecule has 0 fully saturated rings. The van der Waals surface area contributed by atoms with Crippen molar-refractivity contribution in [2.75, 3.05) is 31.5 Å². The van der Waals surface area contributed by atoms with Gasteiger partial charge < -0.3 is 11.1 Å². The topological polar surface area (TPSA) is 58.4 Å². The molecule has 2 aromatic carbocycles. The molecule has 0 atom stereocenters. The van der Waals surface area contributed by atoms with Gasteiger partial charge in [-0.1, -0.05) is 36.4 Å². The van der Waals surface area contributed by atoms with Gasteiger partial charge in [-0.2, -0.15) is 0 Å². The number of aryl methyl sites for hydroxylation is 2. The number of carbonyl (C=O) groups is 1. The molecular formula is C20H27N3O. The normalized spacial score (nSPS) is 10.8. The number of amides is 1. The van der Waals surface area contributed by atoms with Crippen LogP contribution in [-0.4, -0.2) is 37.0 Å². The third kappa shape index (κ3) is 6.14. The molecule has 4 heteroatoms. The maximum absolute atomic E-state index is 12.3. The van der Waals surface area contributed by atoms with E-state index in [9.17, 15) is 4.79 Å². The van der Waals surface area contributed by atoms with Crippen LogP contribution in [0.5, 0.6) is 0 Å². The van der Waals surface area contributed by atoms with Gasteiger partial charge in [-0.15, -0.1) is 0 Å². The van der Waals surface area contributed by atoms with Crippen molar-refractivity contribution in [3.63, 3.8) is 0 Å². The smallest absolute Gasteiger partial charge is 0.238 e. The molecule has 0 aliphatic rings. The van der Waals surface area contributed by atoms with Crippen molar-refractivity contribution < 1.29 is 4.79 Å². The molecule has 0 saturated heterocycles. The Morgan fingerprint density at radius 3 is 2.33 bits per heavy atom. The lowest BCUT2D eigenvalue weighted by Crippen LogP contribution is -2.38. The number of carbonyl (C=O) groups excluding carboxylic acids is 1. The van der Waals surface area contributed by atoms with Gasteiger partial charge in [0.05, 0.1) is 6.54 Å². The molecule has 0 saturated carbocycles. The van der Waals surface area contributed by atoms with Gasteiger partial charge in [0, 0.05) is 25.3 Å². The van der Waals surface area contributed by atoms with E-state index in [1.54, 1.807) is 0 Å². The molecule has 24 heavy (non-hydrogen) atoms. The van der Waals surface area contributed by atoms with Crippen molar-refractivity contribution in [2.24, 2.45) is 5.73 Å². The minimum atomic E-state index is 0.00140. The minimum Gasteiger partial charge on any atom is -0.329 e. The number of nitrogens with one attached hydrogen (secondary N) is 1. The summed E-state index contributed by atoms with van der Waals surface area (Å²) in [5, 5.41) is 2.99. The second-order valence-corrected chi connectivity index (χ2v) is 6.22. The highest BCUT2D eigenvalue weighted by Gasteiger charge is 2.11. The summed E-state index contributed by atoms with van der Waals surface area (Å²) in [6.07, 6.45) is 0.914. The Morgan fingerprint density at radius 2 is 1.71 bits per heavy atom. The van der Waals surface area contributed by atoms with Gasteiger partial charge in [-0.05, 0) is 49.1 Å². The summed E-state index contributed by atoms with van der Waals surface area (Å²) >= 11 is 0. The first-order valence-corrected chi connectivity index (χ1v) is 8.41. The van der Waals surface area contributed by atoms with E-state index in [-0.39, 0.29) is 5.91 Å². The van der Waals surface area contributed by atoms with Gasteiger partial charge >= 0.3 is 0 Å². The van der Waals surface area contributed by atoms with Crippen LogP contribution in [0.4, 0.5) is 5.69 Å². The Hall–Kier alpha value is -2.17. The van der Waals surface area contributed by atoms with Gasteiger partial charge in [0.1, 0.15) is 0 Å². The molecule has 128 valence electrons. The van der Waals surface area contributed by atoms with Crippen molar-refractivity contribution in [3.8, 4) is 0 Å². The lowest BCUT2D eigenvalue weighted by molar-refractivity contribution is -0.117. The van der Waals surface area contributed by atoms with E-state index in [1.807, 2.05) is 44.2 Å².